The second-order valence-corrected chi connectivity index (χ2v) is 6.41. The quantitative estimate of drug-likeness (QED) is 0.941. The lowest BCUT2D eigenvalue weighted by atomic mass is 10.1. The van der Waals surface area contributed by atoms with E-state index >= 15 is 0 Å². The van der Waals surface area contributed by atoms with Crippen LogP contribution >= 0.6 is 11.3 Å². The number of aromatic nitrogens is 1. The average Bonchev–Trinajstić information content (AvgIpc) is 3.08. The molecule has 0 saturated carbocycles. The second-order valence-electron chi connectivity index (χ2n) is 5.47. The smallest absolute Gasteiger partial charge is 0.321 e. The number of fused-ring (bicyclic) bond motifs is 1. The number of amides is 2. The van der Waals surface area contributed by atoms with Gasteiger partial charge in [0.1, 0.15) is 5.01 Å². The minimum atomic E-state index is -0.0804. The van der Waals surface area contributed by atoms with Crippen LogP contribution in [0.3, 0.4) is 0 Å². The molecule has 5 heteroatoms. The van der Waals surface area contributed by atoms with E-state index < -0.39 is 0 Å². The first-order valence-electron chi connectivity index (χ1n) is 7.17. The summed E-state index contributed by atoms with van der Waals surface area (Å²) in [4.78, 5) is 18.4. The number of thiazole rings is 1. The van der Waals surface area contributed by atoms with Crippen molar-refractivity contribution < 1.29 is 4.79 Å². The molecular weight excluding hydrogens is 282 g/mol. The van der Waals surface area contributed by atoms with Crippen molar-refractivity contribution in [2.24, 2.45) is 0 Å². The molecule has 1 heterocycles. The summed E-state index contributed by atoms with van der Waals surface area (Å²) < 4.78 is 0. The van der Waals surface area contributed by atoms with Crippen LogP contribution in [-0.2, 0) is 19.4 Å². The molecule has 0 aliphatic heterocycles. The normalized spacial score (nSPS) is 13.0. The second kappa shape index (κ2) is 5.85. The highest BCUT2D eigenvalue weighted by Crippen LogP contribution is 2.28. The Morgan fingerprint density at radius 2 is 2.29 bits per heavy atom. The maximum absolute atomic E-state index is 12.3. The first-order valence-corrected chi connectivity index (χ1v) is 8.05. The van der Waals surface area contributed by atoms with Crippen LogP contribution in [0.15, 0.2) is 23.6 Å². The number of hydrogen-bond donors (Lipinski definition) is 1. The Kier molecular flexibility index (Phi) is 3.92. The van der Waals surface area contributed by atoms with E-state index in [9.17, 15) is 4.79 Å². The van der Waals surface area contributed by atoms with Gasteiger partial charge in [0.2, 0.25) is 0 Å². The molecule has 21 heavy (non-hydrogen) atoms. The summed E-state index contributed by atoms with van der Waals surface area (Å²) >= 11 is 1.59. The Morgan fingerprint density at radius 3 is 3.05 bits per heavy atom. The molecule has 2 aromatic rings. The van der Waals surface area contributed by atoms with Gasteiger partial charge in [-0.15, -0.1) is 11.3 Å². The number of anilines is 1. The van der Waals surface area contributed by atoms with E-state index in [1.54, 1.807) is 23.3 Å². The Morgan fingerprint density at radius 1 is 1.43 bits per heavy atom. The van der Waals surface area contributed by atoms with Crippen molar-refractivity contribution in [1.82, 2.24) is 9.88 Å². The van der Waals surface area contributed by atoms with E-state index in [0.29, 0.717) is 6.54 Å². The van der Waals surface area contributed by atoms with Gasteiger partial charge >= 0.3 is 6.03 Å². The predicted molar refractivity (Wildman–Crippen MR) is 85.8 cm³/mol. The maximum Gasteiger partial charge on any atom is 0.321 e. The summed E-state index contributed by atoms with van der Waals surface area (Å²) in [6.07, 6.45) is 3.35. The topological polar surface area (TPSA) is 45.2 Å². The van der Waals surface area contributed by atoms with E-state index in [1.165, 1.54) is 17.5 Å². The average molecular weight is 301 g/mol. The van der Waals surface area contributed by atoms with Gasteiger partial charge in [0, 0.05) is 23.8 Å². The van der Waals surface area contributed by atoms with Gasteiger partial charge in [-0.3, -0.25) is 0 Å². The molecule has 1 aliphatic carbocycles. The molecule has 0 atom stereocenters. The zero-order valence-corrected chi connectivity index (χ0v) is 13.2. The molecule has 4 nitrogen and oxygen atoms in total. The van der Waals surface area contributed by atoms with E-state index in [-0.39, 0.29) is 6.03 Å². The number of nitrogens with one attached hydrogen (secondary N) is 1. The molecule has 0 spiro atoms. The fourth-order valence-electron chi connectivity index (χ4n) is 2.70. The molecule has 1 aliphatic rings. The molecule has 0 bridgehead atoms. The van der Waals surface area contributed by atoms with Gasteiger partial charge in [0.15, 0.2) is 0 Å². The highest BCUT2D eigenvalue weighted by atomic mass is 32.1. The third-order valence-electron chi connectivity index (χ3n) is 3.77. The maximum atomic E-state index is 12.3. The lowest BCUT2D eigenvalue weighted by Gasteiger charge is -2.18. The number of hydrogen-bond acceptors (Lipinski definition) is 3. The van der Waals surface area contributed by atoms with E-state index in [0.717, 1.165) is 29.2 Å². The number of benzene rings is 1. The molecule has 0 unspecified atom stereocenters. The molecule has 0 fully saturated rings. The van der Waals surface area contributed by atoms with Crippen LogP contribution in [0.25, 0.3) is 0 Å². The zero-order chi connectivity index (χ0) is 14.8. The van der Waals surface area contributed by atoms with Gasteiger partial charge in [-0.25, -0.2) is 9.78 Å². The largest absolute Gasteiger partial charge is 0.321 e. The lowest BCUT2D eigenvalue weighted by molar-refractivity contribution is 0.220. The van der Waals surface area contributed by atoms with Crippen LogP contribution in [0, 0.1) is 6.92 Å². The molecule has 0 radical (unpaired) electrons. The van der Waals surface area contributed by atoms with Gasteiger partial charge in [-0.2, -0.15) is 0 Å². The molecule has 1 aromatic carbocycles. The highest BCUT2D eigenvalue weighted by Gasteiger charge is 2.17. The van der Waals surface area contributed by atoms with Crippen molar-refractivity contribution in [3.8, 4) is 0 Å². The van der Waals surface area contributed by atoms with Gasteiger partial charge in [0.05, 0.1) is 6.54 Å². The summed E-state index contributed by atoms with van der Waals surface area (Å²) in [5.41, 5.74) is 4.62. The summed E-state index contributed by atoms with van der Waals surface area (Å²) in [7, 11) is 1.80. The van der Waals surface area contributed by atoms with E-state index in [4.69, 9.17) is 0 Å². The Balaban J connectivity index is 1.67. The van der Waals surface area contributed by atoms with Crippen LogP contribution in [-0.4, -0.2) is 23.0 Å². The Bertz CT molecular complexity index is 665. The monoisotopic (exact) mass is 301 g/mol. The zero-order valence-electron chi connectivity index (χ0n) is 12.3. The number of urea groups is 1. The molecule has 1 aromatic heterocycles. The van der Waals surface area contributed by atoms with Gasteiger partial charge in [0.25, 0.3) is 0 Å². The fraction of sp³-hybridized carbons (Fsp3) is 0.375. The molecule has 2 amide bonds. The molecule has 0 saturated heterocycles. The van der Waals surface area contributed by atoms with Crippen LogP contribution in [0.4, 0.5) is 10.5 Å². The minimum absolute atomic E-state index is 0.0804. The number of carbonyl (C=O) groups excluding carboxylic acids is 1. The van der Waals surface area contributed by atoms with Crippen LogP contribution in [0.1, 0.15) is 28.2 Å². The van der Waals surface area contributed by atoms with Gasteiger partial charge in [-0.1, -0.05) is 12.1 Å². The molecule has 110 valence electrons. The Labute approximate surface area is 128 Å². The van der Waals surface area contributed by atoms with E-state index in [2.05, 4.69) is 16.4 Å². The lowest BCUT2D eigenvalue weighted by Crippen LogP contribution is -2.31. The molecule has 3 rings (SSSR count). The van der Waals surface area contributed by atoms with E-state index in [1.807, 2.05) is 24.4 Å². The van der Waals surface area contributed by atoms with Crippen molar-refractivity contribution in [3.63, 3.8) is 0 Å². The number of carbonyl (C=O) groups is 1. The van der Waals surface area contributed by atoms with Crippen LogP contribution in [0.2, 0.25) is 0 Å². The van der Waals surface area contributed by atoms with Crippen molar-refractivity contribution in [2.75, 3.05) is 12.4 Å². The van der Waals surface area contributed by atoms with Gasteiger partial charge < -0.3 is 10.2 Å². The van der Waals surface area contributed by atoms with Gasteiger partial charge in [-0.05, 0) is 43.4 Å². The first-order chi connectivity index (χ1) is 10.1. The van der Waals surface area contributed by atoms with Crippen molar-refractivity contribution in [2.45, 2.75) is 32.7 Å². The van der Waals surface area contributed by atoms with Crippen LogP contribution in [0.5, 0.6) is 0 Å². The summed E-state index contributed by atoms with van der Waals surface area (Å²) in [5, 5.41) is 6.00. The third-order valence-corrected chi connectivity index (χ3v) is 4.72. The van der Waals surface area contributed by atoms with Crippen LogP contribution < -0.4 is 5.32 Å². The number of rotatable bonds is 3. The summed E-state index contributed by atoms with van der Waals surface area (Å²) in [6.45, 7) is 2.51. The SMILES string of the molecule is Cc1csc(CN(C)C(=O)Nc2cccc3c2CCC3)n1. The number of nitrogens with zero attached hydrogens (tertiary/aromatic N) is 2. The summed E-state index contributed by atoms with van der Waals surface area (Å²) in [6, 6.07) is 6.08. The molecular formula is C16H19N3OS. The predicted octanol–water partition coefficient (Wildman–Crippen LogP) is 3.60. The Hall–Kier alpha value is -1.88. The van der Waals surface area contributed by atoms with Crippen molar-refractivity contribution >= 4 is 23.1 Å². The fourth-order valence-corrected chi connectivity index (χ4v) is 3.52. The van der Waals surface area contributed by atoms with Crippen molar-refractivity contribution in [3.05, 3.63) is 45.4 Å². The highest BCUT2D eigenvalue weighted by molar-refractivity contribution is 7.09. The van der Waals surface area contributed by atoms with Crippen molar-refractivity contribution in [1.29, 1.82) is 0 Å². The number of aryl methyl sites for hydroxylation is 2. The minimum Gasteiger partial charge on any atom is -0.321 e. The summed E-state index contributed by atoms with van der Waals surface area (Å²) in [5.74, 6) is 0. The standard InChI is InChI=1S/C16H19N3OS/c1-11-10-21-15(17-11)9-19(2)16(20)18-14-8-4-6-12-5-3-7-13(12)14/h4,6,8,10H,3,5,7,9H2,1-2H3,(H,18,20). The molecule has 1 N–H and O–H groups in total. The third kappa shape index (κ3) is 3.08. The first kappa shape index (κ1) is 14.1.